The van der Waals surface area contributed by atoms with Crippen molar-refractivity contribution in [1.29, 1.82) is 0 Å². The average Bonchev–Trinajstić information content (AvgIpc) is 3.12. The topological polar surface area (TPSA) is 62.7 Å². The summed E-state index contributed by atoms with van der Waals surface area (Å²) in [6, 6.07) is 13.3. The summed E-state index contributed by atoms with van der Waals surface area (Å²) in [5, 5.41) is 3.88. The first-order chi connectivity index (χ1) is 11.1. The van der Waals surface area contributed by atoms with Gasteiger partial charge in [-0.15, -0.1) is 0 Å². The number of imidazole rings is 1. The average molecular weight is 304 g/mol. The van der Waals surface area contributed by atoms with Crippen LogP contribution in [0.3, 0.4) is 0 Å². The van der Waals surface area contributed by atoms with Crippen LogP contribution < -0.4 is 5.32 Å². The van der Waals surface area contributed by atoms with Gasteiger partial charge in [0.15, 0.2) is 0 Å². The fourth-order valence-corrected chi connectivity index (χ4v) is 2.88. The highest BCUT2D eigenvalue weighted by molar-refractivity contribution is 6.12. The molecule has 2 aromatic heterocycles. The largest absolute Gasteiger partial charge is 0.361 e. The highest BCUT2D eigenvalue weighted by atomic mass is 16.1. The van der Waals surface area contributed by atoms with Gasteiger partial charge < -0.3 is 14.9 Å². The van der Waals surface area contributed by atoms with Gasteiger partial charge in [0.1, 0.15) is 5.82 Å². The molecule has 1 amide bonds. The number of aromatic nitrogens is 3. The van der Waals surface area contributed by atoms with Crippen molar-refractivity contribution >= 4 is 33.5 Å². The van der Waals surface area contributed by atoms with Crippen LogP contribution in [0.5, 0.6) is 0 Å². The Hall–Kier alpha value is -3.08. The van der Waals surface area contributed by atoms with E-state index in [-0.39, 0.29) is 5.91 Å². The molecule has 0 saturated heterocycles. The summed E-state index contributed by atoms with van der Waals surface area (Å²) in [5.74, 6) is 0.822. The predicted molar refractivity (Wildman–Crippen MR) is 91.7 cm³/mol. The number of benzene rings is 2. The summed E-state index contributed by atoms with van der Waals surface area (Å²) in [4.78, 5) is 20.2. The molecule has 0 aliphatic carbocycles. The van der Waals surface area contributed by atoms with E-state index in [1.165, 1.54) is 0 Å². The highest BCUT2D eigenvalue weighted by Crippen LogP contribution is 2.22. The third-order valence-corrected chi connectivity index (χ3v) is 4.20. The number of nitrogens with zero attached hydrogens (tertiary/aromatic N) is 2. The second-order valence-corrected chi connectivity index (χ2v) is 5.62. The third-order valence-electron chi connectivity index (χ3n) is 4.20. The summed E-state index contributed by atoms with van der Waals surface area (Å²) in [5.41, 5.74) is 4.28. The van der Waals surface area contributed by atoms with Gasteiger partial charge in [0.05, 0.1) is 11.0 Å². The zero-order chi connectivity index (χ0) is 16.0. The quantitative estimate of drug-likeness (QED) is 0.594. The van der Waals surface area contributed by atoms with E-state index in [9.17, 15) is 4.79 Å². The maximum Gasteiger partial charge on any atom is 0.256 e. The number of carbonyl (C=O) groups excluding carboxylic acids is 1. The van der Waals surface area contributed by atoms with Crippen molar-refractivity contribution in [3.05, 3.63) is 60.0 Å². The summed E-state index contributed by atoms with van der Waals surface area (Å²) in [6.07, 6.45) is 1.84. The van der Waals surface area contributed by atoms with Crippen molar-refractivity contribution in [2.75, 3.05) is 5.32 Å². The van der Waals surface area contributed by atoms with Crippen LogP contribution in [-0.2, 0) is 7.05 Å². The third kappa shape index (κ3) is 2.17. The lowest BCUT2D eigenvalue weighted by atomic mass is 10.1. The fraction of sp³-hybridized carbons (Fsp3) is 0.111. The zero-order valence-corrected chi connectivity index (χ0v) is 12.9. The molecule has 0 aliphatic rings. The number of hydrogen-bond acceptors (Lipinski definition) is 2. The monoisotopic (exact) mass is 304 g/mol. The number of H-pyrrole nitrogens is 1. The molecule has 0 aliphatic heterocycles. The van der Waals surface area contributed by atoms with E-state index in [1.807, 2.05) is 67.2 Å². The van der Waals surface area contributed by atoms with Gasteiger partial charge in [-0.05, 0) is 43.3 Å². The van der Waals surface area contributed by atoms with E-state index in [0.717, 1.165) is 33.4 Å². The lowest BCUT2D eigenvalue weighted by Gasteiger charge is -2.07. The Labute approximate surface area is 133 Å². The zero-order valence-electron chi connectivity index (χ0n) is 12.9. The Kier molecular flexibility index (Phi) is 2.94. The number of nitrogens with one attached hydrogen (secondary N) is 2. The van der Waals surface area contributed by atoms with E-state index >= 15 is 0 Å². The van der Waals surface area contributed by atoms with Crippen LogP contribution in [0.1, 0.15) is 16.2 Å². The molecule has 0 saturated carbocycles. The van der Waals surface area contributed by atoms with Gasteiger partial charge in [-0.25, -0.2) is 4.98 Å². The SMILES string of the molecule is Cc1nc2cc(NC(=O)c3cccc4[nH]ccc34)ccc2n1C. The molecule has 0 fully saturated rings. The van der Waals surface area contributed by atoms with Gasteiger partial charge in [-0.3, -0.25) is 4.79 Å². The standard InChI is InChI=1S/C18H16N4O/c1-11-20-16-10-12(6-7-17(16)22(11)2)21-18(23)14-4-3-5-15-13(14)8-9-19-15/h3-10,19H,1-2H3,(H,21,23). The van der Waals surface area contributed by atoms with Crippen LogP contribution >= 0.6 is 0 Å². The molecule has 2 aromatic carbocycles. The molecule has 114 valence electrons. The molecular formula is C18H16N4O. The lowest BCUT2D eigenvalue weighted by Crippen LogP contribution is -2.12. The van der Waals surface area contributed by atoms with E-state index in [0.29, 0.717) is 5.56 Å². The predicted octanol–water partition coefficient (Wildman–Crippen LogP) is 3.62. The van der Waals surface area contributed by atoms with Crippen molar-refractivity contribution in [2.45, 2.75) is 6.92 Å². The van der Waals surface area contributed by atoms with E-state index in [4.69, 9.17) is 0 Å². The Balaban J connectivity index is 1.70. The minimum Gasteiger partial charge on any atom is -0.361 e. The maximum absolute atomic E-state index is 12.6. The number of hydrogen-bond donors (Lipinski definition) is 2. The van der Waals surface area contributed by atoms with Gasteiger partial charge in [-0.2, -0.15) is 0 Å². The van der Waals surface area contributed by atoms with Gasteiger partial charge in [-0.1, -0.05) is 6.07 Å². The van der Waals surface area contributed by atoms with Crippen molar-refractivity contribution in [3.63, 3.8) is 0 Å². The fourth-order valence-electron chi connectivity index (χ4n) is 2.88. The minimum atomic E-state index is -0.123. The van der Waals surface area contributed by atoms with Crippen LogP contribution in [0.4, 0.5) is 5.69 Å². The number of anilines is 1. The van der Waals surface area contributed by atoms with Gasteiger partial charge >= 0.3 is 0 Å². The van der Waals surface area contributed by atoms with E-state index < -0.39 is 0 Å². The van der Waals surface area contributed by atoms with Gasteiger partial charge in [0, 0.05) is 35.4 Å². The molecule has 5 nitrogen and oxygen atoms in total. The Morgan fingerprint density at radius 2 is 2.09 bits per heavy atom. The van der Waals surface area contributed by atoms with E-state index in [1.54, 1.807) is 0 Å². The number of amides is 1. The molecule has 4 rings (SSSR count). The molecule has 4 aromatic rings. The van der Waals surface area contributed by atoms with Crippen molar-refractivity contribution < 1.29 is 4.79 Å². The molecule has 5 heteroatoms. The maximum atomic E-state index is 12.6. The highest BCUT2D eigenvalue weighted by Gasteiger charge is 2.12. The molecule has 2 heterocycles. The summed E-state index contributed by atoms with van der Waals surface area (Å²) in [6.45, 7) is 1.96. The number of carbonyl (C=O) groups is 1. The Morgan fingerprint density at radius 3 is 2.96 bits per heavy atom. The molecule has 0 radical (unpaired) electrons. The number of aromatic amines is 1. The van der Waals surface area contributed by atoms with Gasteiger partial charge in [0.2, 0.25) is 0 Å². The summed E-state index contributed by atoms with van der Waals surface area (Å²) in [7, 11) is 1.98. The first-order valence-corrected chi connectivity index (χ1v) is 7.44. The Morgan fingerprint density at radius 1 is 1.22 bits per heavy atom. The van der Waals surface area contributed by atoms with Crippen LogP contribution in [0, 0.1) is 6.92 Å². The number of rotatable bonds is 2. The van der Waals surface area contributed by atoms with E-state index in [2.05, 4.69) is 15.3 Å². The molecule has 0 spiro atoms. The molecule has 2 N–H and O–H groups in total. The first kappa shape index (κ1) is 13.6. The molecule has 0 bridgehead atoms. The second kappa shape index (κ2) is 4.98. The van der Waals surface area contributed by atoms with Gasteiger partial charge in [0.25, 0.3) is 5.91 Å². The number of aryl methyl sites for hydroxylation is 2. The van der Waals surface area contributed by atoms with Crippen LogP contribution in [-0.4, -0.2) is 20.4 Å². The molecule has 0 unspecified atom stereocenters. The molecule has 23 heavy (non-hydrogen) atoms. The lowest BCUT2D eigenvalue weighted by molar-refractivity contribution is 0.102. The summed E-state index contributed by atoms with van der Waals surface area (Å²) < 4.78 is 2.03. The summed E-state index contributed by atoms with van der Waals surface area (Å²) >= 11 is 0. The van der Waals surface area contributed by atoms with Crippen LogP contribution in [0.2, 0.25) is 0 Å². The van der Waals surface area contributed by atoms with Crippen molar-refractivity contribution in [2.24, 2.45) is 7.05 Å². The van der Waals surface area contributed by atoms with Crippen LogP contribution in [0.15, 0.2) is 48.7 Å². The van der Waals surface area contributed by atoms with Crippen LogP contribution in [0.25, 0.3) is 21.9 Å². The normalized spacial score (nSPS) is 11.2. The second-order valence-electron chi connectivity index (χ2n) is 5.62. The van der Waals surface area contributed by atoms with Crippen molar-refractivity contribution in [1.82, 2.24) is 14.5 Å². The first-order valence-electron chi connectivity index (χ1n) is 7.44. The Bertz CT molecular complexity index is 1040. The smallest absolute Gasteiger partial charge is 0.256 e. The minimum absolute atomic E-state index is 0.123. The van der Waals surface area contributed by atoms with Crippen molar-refractivity contribution in [3.8, 4) is 0 Å². The molecule has 0 atom stereocenters. The molecular weight excluding hydrogens is 288 g/mol. The number of fused-ring (bicyclic) bond motifs is 2.